The van der Waals surface area contributed by atoms with E-state index < -0.39 is 5.97 Å². The number of aliphatic carboxylic acids is 1. The molecule has 4 heteroatoms. The van der Waals surface area contributed by atoms with E-state index in [0.717, 1.165) is 19.4 Å². The number of carbonyl (C=O) groups is 2. The number of hydrogen-bond acceptors (Lipinski definition) is 2. The van der Waals surface area contributed by atoms with Crippen molar-refractivity contribution >= 4 is 11.9 Å². The summed E-state index contributed by atoms with van der Waals surface area (Å²) < 4.78 is 0. The van der Waals surface area contributed by atoms with Crippen LogP contribution in [0.25, 0.3) is 0 Å². The fourth-order valence-electron chi connectivity index (χ4n) is 2.28. The molecule has 1 saturated carbocycles. The van der Waals surface area contributed by atoms with E-state index in [2.05, 4.69) is 6.92 Å². The third kappa shape index (κ3) is 2.13. The van der Waals surface area contributed by atoms with Gasteiger partial charge in [-0.2, -0.15) is 0 Å². The zero-order chi connectivity index (χ0) is 11.0. The lowest BCUT2D eigenvalue weighted by Gasteiger charge is -2.30. The normalized spacial score (nSPS) is 35.0. The minimum absolute atomic E-state index is 0.174. The van der Waals surface area contributed by atoms with Crippen LogP contribution in [0.15, 0.2) is 0 Å². The first-order valence-corrected chi connectivity index (χ1v) is 5.61. The zero-order valence-corrected chi connectivity index (χ0v) is 8.98. The summed E-state index contributed by atoms with van der Waals surface area (Å²) in [6, 6.07) is 0. The Kier molecular flexibility index (Phi) is 2.67. The number of carbonyl (C=O) groups excluding carboxylic acids is 1. The van der Waals surface area contributed by atoms with E-state index >= 15 is 0 Å². The van der Waals surface area contributed by atoms with Crippen LogP contribution in [0.4, 0.5) is 0 Å². The van der Waals surface area contributed by atoms with Crippen LogP contribution in [0.5, 0.6) is 0 Å². The molecule has 15 heavy (non-hydrogen) atoms. The third-order valence-corrected chi connectivity index (χ3v) is 3.51. The van der Waals surface area contributed by atoms with Crippen molar-refractivity contribution in [3.63, 3.8) is 0 Å². The van der Waals surface area contributed by atoms with Crippen molar-refractivity contribution in [3.8, 4) is 0 Å². The molecule has 0 radical (unpaired) electrons. The largest absolute Gasteiger partial charge is 0.481 e. The standard InChI is InChI=1S/C11H17NO3/c1-7-5-9(7)10(13)12-4-2-3-8(6-12)11(14)15/h7-9H,2-6H2,1H3,(H,14,15). The lowest BCUT2D eigenvalue weighted by molar-refractivity contribution is -0.146. The molecule has 0 aromatic carbocycles. The molecule has 1 N–H and O–H groups in total. The van der Waals surface area contributed by atoms with Gasteiger partial charge in [-0.15, -0.1) is 0 Å². The Balaban J connectivity index is 1.92. The van der Waals surface area contributed by atoms with E-state index in [1.807, 2.05) is 0 Å². The van der Waals surface area contributed by atoms with Gasteiger partial charge in [0.15, 0.2) is 0 Å². The number of rotatable bonds is 2. The SMILES string of the molecule is CC1CC1C(=O)N1CCCC(C(=O)O)C1. The fourth-order valence-corrected chi connectivity index (χ4v) is 2.28. The third-order valence-electron chi connectivity index (χ3n) is 3.51. The second kappa shape index (κ2) is 3.83. The van der Waals surface area contributed by atoms with Crippen LogP contribution < -0.4 is 0 Å². The summed E-state index contributed by atoms with van der Waals surface area (Å²) in [6.45, 7) is 3.23. The zero-order valence-electron chi connectivity index (χ0n) is 8.98. The lowest BCUT2D eigenvalue weighted by Crippen LogP contribution is -2.43. The molecule has 0 aromatic heterocycles. The molecule has 4 nitrogen and oxygen atoms in total. The minimum Gasteiger partial charge on any atom is -0.481 e. The van der Waals surface area contributed by atoms with Crippen LogP contribution in [0.3, 0.4) is 0 Å². The average molecular weight is 211 g/mol. The molecule has 1 aliphatic carbocycles. The molecule has 3 unspecified atom stereocenters. The molecule has 0 spiro atoms. The maximum atomic E-state index is 11.9. The van der Waals surface area contributed by atoms with E-state index in [1.54, 1.807) is 4.90 Å². The molecular weight excluding hydrogens is 194 g/mol. The number of likely N-dealkylation sites (tertiary alicyclic amines) is 1. The maximum absolute atomic E-state index is 11.9. The Labute approximate surface area is 89.3 Å². The van der Waals surface area contributed by atoms with Crippen molar-refractivity contribution in [2.45, 2.75) is 26.2 Å². The van der Waals surface area contributed by atoms with E-state index in [9.17, 15) is 9.59 Å². The fraction of sp³-hybridized carbons (Fsp3) is 0.818. The molecule has 84 valence electrons. The van der Waals surface area contributed by atoms with Crippen molar-refractivity contribution in [2.75, 3.05) is 13.1 Å². The monoisotopic (exact) mass is 211 g/mol. The maximum Gasteiger partial charge on any atom is 0.308 e. The van der Waals surface area contributed by atoms with Gasteiger partial charge in [0.25, 0.3) is 0 Å². The smallest absolute Gasteiger partial charge is 0.308 e. The number of hydrogen-bond donors (Lipinski definition) is 1. The summed E-state index contributed by atoms with van der Waals surface area (Å²) in [5.74, 6) is -0.262. The first-order chi connectivity index (χ1) is 7.09. The Morgan fingerprint density at radius 3 is 2.60 bits per heavy atom. The van der Waals surface area contributed by atoms with Crippen molar-refractivity contribution in [1.29, 1.82) is 0 Å². The Morgan fingerprint density at radius 2 is 2.07 bits per heavy atom. The highest BCUT2D eigenvalue weighted by atomic mass is 16.4. The summed E-state index contributed by atoms with van der Waals surface area (Å²) in [4.78, 5) is 24.5. The quantitative estimate of drug-likeness (QED) is 0.740. The van der Waals surface area contributed by atoms with Gasteiger partial charge in [0.1, 0.15) is 0 Å². The molecule has 1 heterocycles. The summed E-state index contributed by atoms with van der Waals surface area (Å²) in [7, 11) is 0. The van der Waals surface area contributed by atoms with Crippen LogP contribution >= 0.6 is 0 Å². The number of piperidine rings is 1. The van der Waals surface area contributed by atoms with Gasteiger partial charge in [0.05, 0.1) is 5.92 Å². The van der Waals surface area contributed by atoms with Crippen molar-refractivity contribution < 1.29 is 14.7 Å². The van der Waals surface area contributed by atoms with Crippen molar-refractivity contribution in [3.05, 3.63) is 0 Å². The van der Waals surface area contributed by atoms with E-state index in [0.29, 0.717) is 18.9 Å². The summed E-state index contributed by atoms with van der Waals surface area (Å²) >= 11 is 0. The molecule has 0 bridgehead atoms. The number of nitrogens with zero attached hydrogens (tertiary/aromatic N) is 1. The highest BCUT2D eigenvalue weighted by Crippen LogP contribution is 2.39. The van der Waals surface area contributed by atoms with Crippen LogP contribution in [0.1, 0.15) is 26.2 Å². The number of carboxylic acids is 1. The average Bonchev–Trinajstić information content (AvgIpc) is 2.94. The predicted octanol–water partition coefficient (Wildman–Crippen LogP) is 0.966. The molecule has 1 amide bonds. The number of carboxylic acid groups (broad SMARTS) is 1. The van der Waals surface area contributed by atoms with Gasteiger partial charge in [-0.05, 0) is 25.2 Å². The lowest BCUT2D eigenvalue weighted by atomic mass is 9.98. The first kappa shape index (κ1) is 10.5. The second-order valence-corrected chi connectivity index (χ2v) is 4.78. The molecular formula is C11H17NO3. The Bertz CT molecular complexity index is 290. The molecule has 2 aliphatic rings. The van der Waals surface area contributed by atoms with Gasteiger partial charge in [-0.1, -0.05) is 6.92 Å². The minimum atomic E-state index is -0.767. The van der Waals surface area contributed by atoms with Crippen LogP contribution in [-0.2, 0) is 9.59 Å². The molecule has 2 rings (SSSR count). The van der Waals surface area contributed by atoms with Gasteiger partial charge in [0.2, 0.25) is 5.91 Å². The Hall–Kier alpha value is -1.06. The summed E-state index contributed by atoms with van der Waals surface area (Å²) in [5.41, 5.74) is 0. The van der Waals surface area contributed by atoms with Crippen LogP contribution in [0, 0.1) is 17.8 Å². The van der Waals surface area contributed by atoms with E-state index in [1.165, 1.54) is 0 Å². The Morgan fingerprint density at radius 1 is 1.40 bits per heavy atom. The predicted molar refractivity (Wildman–Crippen MR) is 54.2 cm³/mol. The molecule has 1 aliphatic heterocycles. The first-order valence-electron chi connectivity index (χ1n) is 5.61. The second-order valence-electron chi connectivity index (χ2n) is 4.78. The van der Waals surface area contributed by atoms with Gasteiger partial charge in [-0.3, -0.25) is 9.59 Å². The van der Waals surface area contributed by atoms with Crippen molar-refractivity contribution in [2.24, 2.45) is 17.8 Å². The molecule has 3 atom stereocenters. The molecule has 2 fully saturated rings. The number of amides is 1. The highest BCUT2D eigenvalue weighted by Gasteiger charge is 2.42. The van der Waals surface area contributed by atoms with Gasteiger partial charge in [-0.25, -0.2) is 0 Å². The van der Waals surface area contributed by atoms with E-state index in [-0.39, 0.29) is 17.7 Å². The van der Waals surface area contributed by atoms with E-state index in [4.69, 9.17) is 5.11 Å². The van der Waals surface area contributed by atoms with Gasteiger partial charge >= 0.3 is 5.97 Å². The van der Waals surface area contributed by atoms with Gasteiger partial charge in [0, 0.05) is 19.0 Å². The molecule has 1 saturated heterocycles. The summed E-state index contributed by atoms with van der Waals surface area (Å²) in [6.07, 6.45) is 2.51. The van der Waals surface area contributed by atoms with Crippen molar-refractivity contribution in [1.82, 2.24) is 4.90 Å². The van der Waals surface area contributed by atoms with Crippen LogP contribution in [0.2, 0.25) is 0 Å². The molecule has 0 aromatic rings. The van der Waals surface area contributed by atoms with Crippen LogP contribution in [-0.4, -0.2) is 35.0 Å². The van der Waals surface area contributed by atoms with Gasteiger partial charge < -0.3 is 10.0 Å². The summed E-state index contributed by atoms with van der Waals surface area (Å²) in [5, 5.41) is 8.91. The topological polar surface area (TPSA) is 57.6 Å². The highest BCUT2D eigenvalue weighted by molar-refractivity contribution is 5.82.